The van der Waals surface area contributed by atoms with E-state index in [4.69, 9.17) is 0 Å². The van der Waals surface area contributed by atoms with Crippen LogP contribution < -0.4 is 5.32 Å². The number of carbonyl (C=O) groups is 1. The number of rotatable bonds is 19. The second kappa shape index (κ2) is 20.9. The van der Waals surface area contributed by atoms with Gasteiger partial charge in [-0.05, 0) is 38.5 Å². The third-order valence-electron chi connectivity index (χ3n) is 4.44. The molecule has 0 heterocycles. The zero-order valence-corrected chi connectivity index (χ0v) is 16.5. The summed E-state index contributed by atoms with van der Waals surface area (Å²) in [6.45, 7) is 2.86. The number of hydrogen-bond donors (Lipinski definition) is 1. The summed E-state index contributed by atoms with van der Waals surface area (Å²) >= 11 is 0. The maximum atomic E-state index is 11.5. The highest BCUT2D eigenvalue weighted by atomic mass is 16.1. The van der Waals surface area contributed by atoms with E-state index in [9.17, 15) is 9.59 Å². The van der Waals surface area contributed by atoms with Gasteiger partial charge in [-0.15, -0.1) is 0 Å². The van der Waals surface area contributed by atoms with Crippen molar-refractivity contribution in [1.82, 2.24) is 5.32 Å². The Morgan fingerprint density at radius 2 is 1.36 bits per heavy atom. The Bertz CT molecular complexity index is 326. The summed E-state index contributed by atoms with van der Waals surface area (Å²) in [5.74, 6) is 0.114. The largest absolute Gasteiger partial charge is 0.356 e. The molecular formula is C22H40NO2. The molecule has 0 aromatic rings. The Morgan fingerprint density at radius 1 is 0.800 bits per heavy atom. The minimum absolute atomic E-state index is 0.114. The van der Waals surface area contributed by atoms with E-state index in [1.807, 2.05) is 6.29 Å². The van der Waals surface area contributed by atoms with Gasteiger partial charge in [0.25, 0.3) is 0 Å². The average molecular weight is 351 g/mol. The lowest BCUT2D eigenvalue weighted by atomic mass is 10.1. The van der Waals surface area contributed by atoms with E-state index < -0.39 is 0 Å². The van der Waals surface area contributed by atoms with Crippen LogP contribution in [0.4, 0.5) is 0 Å². The highest BCUT2D eigenvalue weighted by molar-refractivity contribution is 5.75. The van der Waals surface area contributed by atoms with Gasteiger partial charge in [-0.1, -0.05) is 70.4 Å². The standard InChI is InChI=1S/C22H40NO2/c1-2-3-4-5-6-7-8-9-10-11-12-13-14-15-16-19-22(25)23-20-17-18-21-24/h9-10H,2-8,11-20H2,1H3,(H,23,25)/b10-9-. The van der Waals surface area contributed by atoms with Crippen LogP contribution in [0.15, 0.2) is 12.2 Å². The molecule has 0 aromatic heterocycles. The maximum Gasteiger partial charge on any atom is 0.219 e. The highest BCUT2D eigenvalue weighted by Crippen LogP contribution is 2.09. The van der Waals surface area contributed by atoms with Gasteiger partial charge in [-0.25, -0.2) is 0 Å². The Hall–Kier alpha value is -1.12. The predicted molar refractivity (Wildman–Crippen MR) is 107 cm³/mol. The van der Waals surface area contributed by atoms with Gasteiger partial charge in [-0.3, -0.25) is 9.59 Å². The fraction of sp³-hybridized carbons (Fsp3) is 0.818. The molecule has 1 N–H and O–H groups in total. The number of hydrogen-bond acceptors (Lipinski definition) is 2. The third kappa shape index (κ3) is 20.8. The van der Waals surface area contributed by atoms with Gasteiger partial charge in [0.2, 0.25) is 5.91 Å². The topological polar surface area (TPSA) is 46.2 Å². The number of unbranched alkanes of at least 4 members (excludes halogenated alkanes) is 12. The van der Waals surface area contributed by atoms with Crippen molar-refractivity contribution in [3.63, 3.8) is 0 Å². The first-order valence-corrected chi connectivity index (χ1v) is 10.6. The van der Waals surface area contributed by atoms with Crippen LogP contribution >= 0.6 is 0 Å². The number of allylic oxidation sites excluding steroid dienone is 2. The van der Waals surface area contributed by atoms with Gasteiger partial charge in [0.15, 0.2) is 6.29 Å². The van der Waals surface area contributed by atoms with Crippen molar-refractivity contribution < 1.29 is 9.59 Å². The molecule has 0 aliphatic heterocycles. The zero-order valence-electron chi connectivity index (χ0n) is 16.5. The van der Waals surface area contributed by atoms with Gasteiger partial charge in [0.1, 0.15) is 0 Å². The summed E-state index contributed by atoms with van der Waals surface area (Å²) < 4.78 is 0. The lowest BCUT2D eigenvalue weighted by Crippen LogP contribution is -2.23. The molecule has 0 saturated carbocycles. The summed E-state index contributed by atoms with van der Waals surface area (Å²) in [7, 11) is 0. The van der Waals surface area contributed by atoms with Crippen LogP contribution in [0.3, 0.4) is 0 Å². The molecule has 1 amide bonds. The number of amides is 1. The van der Waals surface area contributed by atoms with Crippen LogP contribution in [0.2, 0.25) is 0 Å². The molecule has 145 valence electrons. The molecule has 0 spiro atoms. The van der Waals surface area contributed by atoms with E-state index in [1.54, 1.807) is 0 Å². The van der Waals surface area contributed by atoms with Gasteiger partial charge in [0, 0.05) is 19.4 Å². The molecule has 0 atom stereocenters. The van der Waals surface area contributed by atoms with Crippen molar-refractivity contribution in [2.45, 2.75) is 110 Å². The van der Waals surface area contributed by atoms with Crippen LogP contribution in [0.25, 0.3) is 0 Å². The molecule has 0 saturated heterocycles. The first kappa shape index (κ1) is 23.9. The fourth-order valence-corrected chi connectivity index (χ4v) is 2.83. The predicted octanol–water partition coefficient (Wildman–Crippen LogP) is 6.03. The number of carbonyl (C=O) groups excluding carboxylic acids is 2. The SMILES string of the molecule is CCCCCCCC/C=C\CCCCCCCC(=O)NCCC[C]=O. The first-order valence-electron chi connectivity index (χ1n) is 10.6. The molecule has 1 radical (unpaired) electrons. The van der Waals surface area contributed by atoms with Crippen molar-refractivity contribution in [1.29, 1.82) is 0 Å². The van der Waals surface area contributed by atoms with Crippen LogP contribution in [0, 0.1) is 0 Å². The molecule has 0 aromatic carbocycles. The normalized spacial score (nSPS) is 11.1. The van der Waals surface area contributed by atoms with Crippen molar-refractivity contribution in [2.24, 2.45) is 0 Å². The molecule has 0 bridgehead atoms. The molecule has 0 aliphatic rings. The van der Waals surface area contributed by atoms with Crippen molar-refractivity contribution >= 4 is 12.2 Å². The summed E-state index contributed by atoms with van der Waals surface area (Å²) in [6.07, 6.45) is 24.8. The van der Waals surface area contributed by atoms with E-state index in [0.29, 0.717) is 25.8 Å². The quantitative estimate of drug-likeness (QED) is 0.228. The Kier molecular flexibility index (Phi) is 20.0. The van der Waals surface area contributed by atoms with Crippen molar-refractivity contribution in [2.75, 3.05) is 6.54 Å². The molecule has 3 heteroatoms. The third-order valence-corrected chi connectivity index (χ3v) is 4.44. The molecule has 0 unspecified atom stereocenters. The lowest BCUT2D eigenvalue weighted by molar-refractivity contribution is -0.121. The Balaban J connectivity index is 3.18. The monoisotopic (exact) mass is 350 g/mol. The molecule has 25 heavy (non-hydrogen) atoms. The van der Waals surface area contributed by atoms with E-state index in [2.05, 4.69) is 24.4 Å². The summed E-state index contributed by atoms with van der Waals surface area (Å²) in [4.78, 5) is 21.6. The van der Waals surface area contributed by atoms with E-state index in [0.717, 1.165) is 12.8 Å². The second-order valence-electron chi connectivity index (χ2n) is 6.93. The molecular weight excluding hydrogens is 310 g/mol. The highest BCUT2D eigenvalue weighted by Gasteiger charge is 2.00. The maximum absolute atomic E-state index is 11.5. The van der Waals surface area contributed by atoms with Crippen LogP contribution in [0.5, 0.6) is 0 Å². The van der Waals surface area contributed by atoms with Crippen molar-refractivity contribution in [3.05, 3.63) is 12.2 Å². The van der Waals surface area contributed by atoms with Crippen molar-refractivity contribution in [3.8, 4) is 0 Å². The second-order valence-corrected chi connectivity index (χ2v) is 6.93. The Morgan fingerprint density at radius 3 is 1.96 bits per heavy atom. The van der Waals surface area contributed by atoms with E-state index in [-0.39, 0.29) is 5.91 Å². The van der Waals surface area contributed by atoms with Gasteiger partial charge >= 0.3 is 0 Å². The summed E-state index contributed by atoms with van der Waals surface area (Å²) in [5, 5.41) is 2.84. The van der Waals surface area contributed by atoms with Crippen LogP contribution in [0.1, 0.15) is 110 Å². The van der Waals surface area contributed by atoms with Crippen LogP contribution in [-0.2, 0) is 9.59 Å². The first-order chi connectivity index (χ1) is 12.3. The number of nitrogens with one attached hydrogen (secondary N) is 1. The molecule has 0 fully saturated rings. The lowest BCUT2D eigenvalue weighted by Gasteiger charge is -2.03. The minimum Gasteiger partial charge on any atom is -0.356 e. The average Bonchev–Trinajstić information content (AvgIpc) is 2.62. The molecule has 3 nitrogen and oxygen atoms in total. The van der Waals surface area contributed by atoms with Gasteiger partial charge < -0.3 is 5.32 Å². The van der Waals surface area contributed by atoms with E-state index >= 15 is 0 Å². The summed E-state index contributed by atoms with van der Waals surface area (Å²) in [6, 6.07) is 0. The minimum atomic E-state index is 0.114. The van der Waals surface area contributed by atoms with Gasteiger partial charge in [0.05, 0.1) is 0 Å². The summed E-state index contributed by atoms with van der Waals surface area (Å²) in [5.41, 5.74) is 0. The van der Waals surface area contributed by atoms with E-state index in [1.165, 1.54) is 70.6 Å². The fourth-order valence-electron chi connectivity index (χ4n) is 2.83. The molecule has 0 aliphatic carbocycles. The van der Waals surface area contributed by atoms with Crippen LogP contribution in [-0.4, -0.2) is 18.7 Å². The van der Waals surface area contributed by atoms with Gasteiger partial charge in [-0.2, -0.15) is 0 Å². The zero-order chi connectivity index (χ0) is 18.4. The smallest absolute Gasteiger partial charge is 0.219 e. The Labute approximate surface area is 156 Å². The molecule has 0 rings (SSSR count).